The summed E-state index contributed by atoms with van der Waals surface area (Å²) in [4.78, 5) is 23.3. The molecule has 0 bridgehead atoms. The number of rotatable bonds is 4. The third-order valence-corrected chi connectivity index (χ3v) is 3.04. The average molecular weight is 344 g/mol. The van der Waals surface area contributed by atoms with E-state index in [0.717, 1.165) is 24.3 Å². The lowest BCUT2D eigenvalue weighted by molar-refractivity contribution is -0.119. The predicted molar refractivity (Wildman–Crippen MR) is 76.7 cm³/mol. The Morgan fingerprint density at radius 3 is 2.17 bits per heavy atom. The van der Waals surface area contributed by atoms with Crippen molar-refractivity contribution in [3.05, 3.63) is 64.4 Å². The maximum absolute atomic E-state index is 13.5. The maximum atomic E-state index is 13.5. The lowest BCUT2D eigenvalue weighted by atomic mass is 10.2. The van der Waals surface area contributed by atoms with E-state index in [-0.39, 0.29) is 5.02 Å². The number of carbonyl (C=O) groups excluding carboxylic acids is 2. The molecule has 0 aliphatic heterocycles. The van der Waals surface area contributed by atoms with Gasteiger partial charge in [0, 0.05) is 0 Å². The number of nitrogens with one attached hydrogen (secondary N) is 1. The fourth-order valence-corrected chi connectivity index (χ4v) is 1.93. The van der Waals surface area contributed by atoms with Crippen molar-refractivity contribution in [3.8, 4) is 0 Å². The normalized spacial score (nSPS) is 10.3. The molecule has 0 aliphatic carbocycles. The fourth-order valence-electron chi connectivity index (χ4n) is 1.69. The third-order valence-electron chi connectivity index (χ3n) is 2.73. The summed E-state index contributed by atoms with van der Waals surface area (Å²) < 4.78 is 44.8. The number of carbonyl (C=O) groups is 2. The molecule has 1 N–H and O–H groups in total. The Bertz CT molecular complexity index is 727. The van der Waals surface area contributed by atoms with Crippen molar-refractivity contribution in [2.75, 3.05) is 11.9 Å². The molecular formula is C15H9ClF3NO3. The molecule has 0 fully saturated rings. The monoisotopic (exact) mass is 343 g/mol. The standard InChI is InChI=1S/C15H9ClF3NO3/c16-8-3-1-4-9(17)13(8)15(22)23-7-12(21)20-14-10(18)5-2-6-11(14)19/h1-6H,7H2,(H,20,21). The van der Waals surface area contributed by atoms with E-state index < -0.39 is 47.2 Å². The third kappa shape index (κ3) is 4.01. The molecule has 2 aromatic carbocycles. The molecule has 120 valence electrons. The van der Waals surface area contributed by atoms with Gasteiger partial charge < -0.3 is 10.1 Å². The molecule has 0 aromatic heterocycles. The highest BCUT2D eigenvalue weighted by Crippen LogP contribution is 2.20. The number of hydrogen-bond acceptors (Lipinski definition) is 3. The zero-order valence-electron chi connectivity index (χ0n) is 11.4. The lowest BCUT2D eigenvalue weighted by Crippen LogP contribution is -2.22. The van der Waals surface area contributed by atoms with Gasteiger partial charge in [-0.25, -0.2) is 18.0 Å². The zero-order chi connectivity index (χ0) is 17.0. The van der Waals surface area contributed by atoms with Gasteiger partial charge in [-0.15, -0.1) is 0 Å². The number of benzene rings is 2. The minimum absolute atomic E-state index is 0.185. The summed E-state index contributed by atoms with van der Waals surface area (Å²) in [6.45, 7) is -0.864. The van der Waals surface area contributed by atoms with Crippen LogP contribution in [-0.4, -0.2) is 18.5 Å². The Labute approximate surface area is 133 Å². The SMILES string of the molecule is O=C(COC(=O)c1c(F)cccc1Cl)Nc1c(F)cccc1F. The molecule has 1 amide bonds. The number of esters is 1. The van der Waals surface area contributed by atoms with Gasteiger partial charge in [-0.1, -0.05) is 23.7 Å². The van der Waals surface area contributed by atoms with Crippen molar-refractivity contribution < 1.29 is 27.5 Å². The van der Waals surface area contributed by atoms with Crippen LogP contribution < -0.4 is 5.32 Å². The molecule has 2 aromatic rings. The second kappa shape index (κ2) is 7.15. The summed E-state index contributed by atoms with van der Waals surface area (Å²) in [5.41, 5.74) is -1.20. The Kier molecular flexibility index (Phi) is 5.23. The van der Waals surface area contributed by atoms with Gasteiger partial charge >= 0.3 is 5.97 Å². The molecule has 0 unspecified atom stereocenters. The second-order valence-electron chi connectivity index (χ2n) is 4.32. The molecule has 23 heavy (non-hydrogen) atoms. The van der Waals surface area contributed by atoms with Crippen molar-refractivity contribution in [2.45, 2.75) is 0 Å². The number of anilines is 1. The Balaban J connectivity index is 2.01. The molecule has 0 heterocycles. The largest absolute Gasteiger partial charge is 0.452 e. The van der Waals surface area contributed by atoms with Crippen LogP contribution >= 0.6 is 11.6 Å². The molecule has 2 rings (SSSR count). The first-order valence-corrected chi connectivity index (χ1v) is 6.63. The van der Waals surface area contributed by atoms with Gasteiger partial charge in [0.2, 0.25) is 0 Å². The van der Waals surface area contributed by atoms with Crippen LogP contribution in [0.4, 0.5) is 18.9 Å². The molecule has 4 nitrogen and oxygen atoms in total. The van der Waals surface area contributed by atoms with Gasteiger partial charge in [0.1, 0.15) is 28.7 Å². The van der Waals surface area contributed by atoms with E-state index in [0.29, 0.717) is 0 Å². The fraction of sp³-hybridized carbons (Fsp3) is 0.0667. The summed E-state index contributed by atoms with van der Waals surface area (Å²) in [5.74, 6) is -5.04. The average Bonchev–Trinajstić information content (AvgIpc) is 2.49. The van der Waals surface area contributed by atoms with E-state index in [1.807, 2.05) is 5.32 Å². The molecule has 0 saturated carbocycles. The van der Waals surface area contributed by atoms with E-state index in [2.05, 4.69) is 4.74 Å². The smallest absolute Gasteiger partial charge is 0.343 e. The highest BCUT2D eigenvalue weighted by molar-refractivity contribution is 6.33. The van der Waals surface area contributed by atoms with E-state index in [4.69, 9.17) is 11.6 Å². The van der Waals surface area contributed by atoms with Gasteiger partial charge in [0.05, 0.1) is 5.02 Å². The van der Waals surface area contributed by atoms with Gasteiger partial charge in [-0.3, -0.25) is 4.79 Å². The molecule has 0 spiro atoms. The van der Waals surface area contributed by atoms with Gasteiger partial charge in [-0.2, -0.15) is 0 Å². The molecule has 0 aliphatic rings. The summed E-state index contributed by atoms with van der Waals surface area (Å²) in [6.07, 6.45) is 0. The van der Waals surface area contributed by atoms with Crippen LogP contribution in [-0.2, 0) is 9.53 Å². The Morgan fingerprint density at radius 1 is 1.00 bits per heavy atom. The topological polar surface area (TPSA) is 55.4 Å². The number of halogens is 4. The molecule has 0 radical (unpaired) electrons. The summed E-state index contributed by atoms with van der Waals surface area (Å²) in [6, 6.07) is 6.59. The number of amides is 1. The lowest BCUT2D eigenvalue weighted by Gasteiger charge is -2.09. The van der Waals surface area contributed by atoms with Crippen LogP contribution in [0.2, 0.25) is 5.02 Å². The first kappa shape index (κ1) is 16.8. The van der Waals surface area contributed by atoms with Crippen molar-refractivity contribution in [1.29, 1.82) is 0 Å². The number of hydrogen-bond donors (Lipinski definition) is 1. The van der Waals surface area contributed by atoms with E-state index in [1.165, 1.54) is 12.1 Å². The highest BCUT2D eigenvalue weighted by atomic mass is 35.5. The quantitative estimate of drug-likeness (QED) is 0.864. The first-order valence-electron chi connectivity index (χ1n) is 6.25. The summed E-state index contributed by atoms with van der Waals surface area (Å²) in [7, 11) is 0. The molecule has 0 atom stereocenters. The second-order valence-corrected chi connectivity index (χ2v) is 4.72. The van der Waals surface area contributed by atoms with E-state index >= 15 is 0 Å². The van der Waals surface area contributed by atoms with Crippen molar-refractivity contribution in [2.24, 2.45) is 0 Å². The minimum atomic E-state index is -1.17. The Morgan fingerprint density at radius 2 is 1.57 bits per heavy atom. The predicted octanol–water partition coefficient (Wildman–Crippen LogP) is 3.55. The zero-order valence-corrected chi connectivity index (χ0v) is 12.2. The molecule has 8 heteroatoms. The van der Waals surface area contributed by atoms with E-state index in [1.54, 1.807) is 0 Å². The van der Waals surface area contributed by atoms with Gasteiger partial charge in [0.25, 0.3) is 5.91 Å². The highest BCUT2D eigenvalue weighted by Gasteiger charge is 2.19. The molecular weight excluding hydrogens is 335 g/mol. The maximum Gasteiger partial charge on any atom is 0.343 e. The number of para-hydroxylation sites is 1. The van der Waals surface area contributed by atoms with Crippen LogP contribution in [0.25, 0.3) is 0 Å². The summed E-state index contributed by atoms with van der Waals surface area (Å²) in [5, 5.41) is 1.74. The van der Waals surface area contributed by atoms with E-state index in [9.17, 15) is 22.8 Å². The summed E-state index contributed by atoms with van der Waals surface area (Å²) >= 11 is 5.67. The first-order chi connectivity index (χ1) is 10.9. The minimum Gasteiger partial charge on any atom is -0.452 e. The Hall–Kier alpha value is -2.54. The van der Waals surface area contributed by atoms with Gasteiger partial charge in [-0.05, 0) is 24.3 Å². The van der Waals surface area contributed by atoms with Crippen LogP contribution in [0.15, 0.2) is 36.4 Å². The number of ether oxygens (including phenoxy) is 1. The van der Waals surface area contributed by atoms with Crippen molar-refractivity contribution in [3.63, 3.8) is 0 Å². The van der Waals surface area contributed by atoms with Crippen LogP contribution in [0, 0.1) is 17.5 Å². The van der Waals surface area contributed by atoms with Crippen LogP contribution in [0.3, 0.4) is 0 Å². The van der Waals surface area contributed by atoms with Crippen LogP contribution in [0.1, 0.15) is 10.4 Å². The van der Waals surface area contributed by atoms with Gasteiger partial charge in [0.15, 0.2) is 6.61 Å². The van der Waals surface area contributed by atoms with Crippen LogP contribution in [0.5, 0.6) is 0 Å². The van der Waals surface area contributed by atoms with Crippen molar-refractivity contribution in [1.82, 2.24) is 0 Å². The molecule has 0 saturated heterocycles. The van der Waals surface area contributed by atoms with Crippen molar-refractivity contribution >= 4 is 29.2 Å².